The molecule has 9 heteroatoms. The third kappa shape index (κ3) is 3.84. The summed E-state index contributed by atoms with van der Waals surface area (Å²) in [6, 6.07) is 20.6. The molecule has 0 radical (unpaired) electrons. The average Bonchev–Trinajstić information content (AvgIpc) is 3.18. The minimum atomic E-state index is -0.491. The molecule has 0 saturated heterocycles. The molecular formula is C25H20N4O4S. The lowest BCUT2D eigenvalue weighted by Gasteiger charge is -2.22. The van der Waals surface area contributed by atoms with Crippen LogP contribution in [0.25, 0.3) is 16.6 Å². The van der Waals surface area contributed by atoms with Crippen molar-refractivity contribution in [3.8, 4) is 5.69 Å². The molecule has 1 aromatic heterocycles. The number of hydrogen-bond acceptors (Lipinski definition) is 6. The molecule has 0 spiro atoms. The molecule has 1 atom stereocenters. The summed E-state index contributed by atoms with van der Waals surface area (Å²) in [6.45, 7) is 2.02. The molecule has 0 fully saturated rings. The molecule has 8 nitrogen and oxygen atoms in total. The Labute approximate surface area is 199 Å². The Morgan fingerprint density at radius 2 is 1.79 bits per heavy atom. The highest BCUT2D eigenvalue weighted by Gasteiger charge is 2.30. The first-order valence-electron chi connectivity index (χ1n) is 10.7. The van der Waals surface area contributed by atoms with Gasteiger partial charge in [0.2, 0.25) is 5.91 Å². The van der Waals surface area contributed by atoms with E-state index in [1.165, 1.54) is 40.6 Å². The van der Waals surface area contributed by atoms with E-state index in [1.54, 1.807) is 29.2 Å². The standard InChI is InChI=1S/C25H20N4O4S/c1-16-14-17-6-2-5-9-22(17)27(16)23(30)15-34-25-26-21-8-4-3-7-20(21)24(31)28(25)18-10-12-19(13-11-18)29(32)33/h2-13,16H,14-15H2,1H3/t16-/m0/s1. The van der Waals surface area contributed by atoms with Crippen LogP contribution in [-0.2, 0) is 11.2 Å². The molecule has 0 N–H and O–H groups in total. The predicted octanol–water partition coefficient (Wildman–Crippen LogP) is 4.36. The molecule has 1 aliphatic heterocycles. The van der Waals surface area contributed by atoms with Crippen LogP contribution in [0.15, 0.2) is 82.7 Å². The largest absolute Gasteiger partial charge is 0.308 e. The minimum Gasteiger partial charge on any atom is -0.308 e. The Morgan fingerprint density at radius 1 is 1.09 bits per heavy atom. The first-order valence-corrected chi connectivity index (χ1v) is 11.7. The Kier molecular flexibility index (Phi) is 5.62. The van der Waals surface area contributed by atoms with Crippen molar-refractivity contribution in [2.75, 3.05) is 10.7 Å². The minimum absolute atomic E-state index is 0.0481. The molecule has 170 valence electrons. The number of hydrogen-bond donors (Lipinski definition) is 0. The molecule has 0 aliphatic carbocycles. The van der Waals surface area contributed by atoms with Gasteiger partial charge in [0.05, 0.1) is 27.3 Å². The number of para-hydroxylation sites is 2. The van der Waals surface area contributed by atoms with E-state index in [0.717, 1.165) is 17.7 Å². The van der Waals surface area contributed by atoms with Crippen molar-refractivity contribution in [2.24, 2.45) is 0 Å². The number of nitrogens with zero attached hydrogens (tertiary/aromatic N) is 4. The number of thioether (sulfide) groups is 1. The molecule has 1 aliphatic rings. The predicted molar refractivity (Wildman–Crippen MR) is 132 cm³/mol. The number of anilines is 1. The zero-order chi connectivity index (χ0) is 23.8. The lowest BCUT2D eigenvalue weighted by Crippen LogP contribution is -2.37. The van der Waals surface area contributed by atoms with Gasteiger partial charge in [-0.3, -0.25) is 24.3 Å². The summed E-state index contributed by atoms with van der Waals surface area (Å²) in [5.74, 6) is 0.0243. The van der Waals surface area contributed by atoms with Gasteiger partial charge in [-0.2, -0.15) is 0 Å². The number of nitro benzene ring substituents is 1. The molecule has 5 rings (SSSR count). The molecule has 4 aromatic rings. The zero-order valence-electron chi connectivity index (χ0n) is 18.2. The number of nitro groups is 1. The van der Waals surface area contributed by atoms with Crippen molar-refractivity contribution in [1.82, 2.24) is 9.55 Å². The van der Waals surface area contributed by atoms with Crippen LogP contribution in [0.4, 0.5) is 11.4 Å². The van der Waals surface area contributed by atoms with Crippen LogP contribution in [0.2, 0.25) is 0 Å². The number of carbonyl (C=O) groups is 1. The van der Waals surface area contributed by atoms with Gasteiger partial charge in [-0.15, -0.1) is 0 Å². The first kappa shape index (κ1) is 21.8. The Balaban J connectivity index is 1.51. The van der Waals surface area contributed by atoms with Gasteiger partial charge in [0.15, 0.2) is 5.16 Å². The van der Waals surface area contributed by atoms with Gasteiger partial charge < -0.3 is 4.90 Å². The van der Waals surface area contributed by atoms with Crippen molar-refractivity contribution in [2.45, 2.75) is 24.5 Å². The van der Waals surface area contributed by atoms with Gasteiger partial charge >= 0.3 is 0 Å². The SMILES string of the molecule is C[C@H]1Cc2ccccc2N1C(=O)CSc1nc2ccccc2c(=O)n1-c1ccc([N+](=O)[O-])cc1. The zero-order valence-corrected chi connectivity index (χ0v) is 19.1. The summed E-state index contributed by atoms with van der Waals surface area (Å²) in [6.07, 6.45) is 0.800. The van der Waals surface area contributed by atoms with Crippen LogP contribution in [0.3, 0.4) is 0 Å². The van der Waals surface area contributed by atoms with Gasteiger partial charge in [0, 0.05) is 23.9 Å². The maximum absolute atomic E-state index is 13.4. The fourth-order valence-electron chi connectivity index (χ4n) is 4.30. The van der Waals surface area contributed by atoms with E-state index >= 15 is 0 Å². The number of carbonyl (C=O) groups excluding carboxylic acids is 1. The van der Waals surface area contributed by atoms with Crippen LogP contribution in [-0.4, -0.2) is 32.2 Å². The normalized spacial score (nSPS) is 14.9. The van der Waals surface area contributed by atoms with Crippen LogP contribution < -0.4 is 10.5 Å². The second-order valence-electron chi connectivity index (χ2n) is 8.06. The molecule has 0 bridgehead atoms. The highest BCUT2D eigenvalue weighted by atomic mass is 32.2. The molecule has 3 aromatic carbocycles. The highest BCUT2D eigenvalue weighted by Crippen LogP contribution is 2.33. The summed E-state index contributed by atoms with van der Waals surface area (Å²) in [5.41, 5.74) is 2.66. The Morgan fingerprint density at radius 3 is 2.56 bits per heavy atom. The number of non-ortho nitro benzene ring substituents is 1. The van der Waals surface area contributed by atoms with Crippen LogP contribution in [0.5, 0.6) is 0 Å². The summed E-state index contributed by atoms with van der Waals surface area (Å²) < 4.78 is 1.41. The van der Waals surface area contributed by atoms with Gasteiger partial charge in [-0.1, -0.05) is 42.1 Å². The summed E-state index contributed by atoms with van der Waals surface area (Å²) in [4.78, 5) is 43.6. The fraction of sp³-hybridized carbons (Fsp3) is 0.160. The maximum Gasteiger partial charge on any atom is 0.269 e. The molecule has 0 unspecified atom stereocenters. The van der Waals surface area contributed by atoms with Crippen LogP contribution in [0.1, 0.15) is 12.5 Å². The number of fused-ring (bicyclic) bond motifs is 2. The number of amides is 1. The molecule has 2 heterocycles. The van der Waals surface area contributed by atoms with Crippen molar-refractivity contribution >= 4 is 39.9 Å². The van der Waals surface area contributed by atoms with Crippen LogP contribution in [0, 0.1) is 10.1 Å². The van der Waals surface area contributed by atoms with E-state index in [4.69, 9.17) is 0 Å². The van der Waals surface area contributed by atoms with E-state index in [0.29, 0.717) is 21.7 Å². The van der Waals surface area contributed by atoms with Crippen molar-refractivity contribution in [3.63, 3.8) is 0 Å². The average molecular weight is 473 g/mol. The topological polar surface area (TPSA) is 98.3 Å². The van der Waals surface area contributed by atoms with Crippen molar-refractivity contribution < 1.29 is 9.72 Å². The van der Waals surface area contributed by atoms with E-state index in [1.807, 2.05) is 31.2 Å². The quantitative estimate of drug-likeness (QED) is 0.185. The molecule has 34 heavy (non-hydrogen) atoms. The molecule has 1 amide bonds. The van der Waals surface area contributed by atoms with E-state index in [2.05, 4.69) is 4.98 Å². The third-order valence-electron chi connectivity index (χ3n) is 5.86. The maximum atomic E-state index is 13.4. The molecular weight excluding hydrogens is 452 g/mol. The van der Waals surface area contributed by atoms with Crippen molar-refractivity contribution in [3.05, 3.63) is 98.8 Å². The van der Waals surface area contributed by atoms with Crippen LogP contribution >= 0.6 is 11.8 Å². The Bertz CT molecular complexity index is 1480. The van der Waals surface area contributed by atoms with E-state index < -0.39 is 4.92 Å². The smallest absolute Gasteiger partial charge is 0.269 e. The number of benzene rings is 3. The van der Waals surface area contributed by atoms with E-state index in [9.17, 15) is 19.7 Å². The third-order valence-corrected chi connectivity index (χ3v) is 6.79. The Hall–Kier alpha value is -3.98. The summed E-state index contributed by atoms with van der Waals surface area (Å²) >= 11 is 1.18. The monoisotopic (exact) mass is 472 g/mol. The lowest BCUT2D eigenvalue weighted by molar-refractivity contribution is -0.384. The highest BCUT2D eigenvalue weighted by molar-refractivity contribution is 7.99. The summed E-state index contributed by atoms with van der Waals surface area (Å²) in [5, 5.41) is 11.8. The number of rotatable bonds is 5. The second kappa shape index (κ2) is 8.75. The van der Waals surface area contributed by atoms with Gasteiger partial charge in [0.25, 0.3) is 11.2 Å². The number of aromatic nitrogens is 2. The van der Waals surface area contributed by atoms with Gasteiger partial charge in [0.1, 0.15) is 0 Å². The molecule has 0 saturated carbocycles. The summed E-state index contributed by atoms with van der Waals surface area (Å²) in [7, 11) is 0. The fourth-order valence-corrected chi connectivity index (χ4v) is 5.17. The van der Waals surface area contributed by atoms with E-state index in [-0.39, 0.29) is 28.9 Å². The van der Waals surface area contributed by atoms with Gasteiger partial charge in [-0.25, -0.2) is 4.98 Å². The lowest BCUT2D eigenvalue weighted by atomic mass is 10.1. The second-order valence-corrected chi connectivity index (χ2v) is 9.00. The first-order chi connectivity index (χ1) is 16.4. The van der Waals surface area contributed by atoms with Crippen molar-refractivity contribution in [1.29, 1.82) is 0 Å². The van der Waals surface area contributed by atoms with Gasteiger partial charge in [-0.05, 0) is 49.2 Å².